The van der Waals surface area contributed by atoms with Gasteiger partial charge in [-0.05, 0) is 30.7 Å². The number of hydrogen-bond donors (Lipinski definition) is 1. The number of furan rings is 2. The topological polar surface area (TPSA) is 49.8 Å². The van der Waals surface area contributed by atoms with Gasteiger partial charge in [0.05, 0.1) is 31.7 Å². The molecule has 0 aliphatic rings. The summed E-state index contributed by atoms with van der Waals surface area (Å²) in [4.78, 5) is 2.12. The van der Waals surface area contributed by atoms with Crippen molar-refractivity contribution >= 4 is 0 Å². The standard InChI is InChI=1S/C14H19NO3/c1-2-12(16)9-15(10-13-5-3-7-17-13)11-14-6-4-8-18-14/h3-8,12,16H,2,9-11H2,1H3. The zero-order valence-corrected chi connectivity index (χ0v) is 10.6. The molecule has 98 valence electrons. The molecule has 0 fully saturated rings. The molecule has 4 nitrogen and oxygen atoms in total. The minimum Gasteiger partial charge on any atom is -0.468 e. The highest BCUT2D eigenvalue weighted by Gasteiger charge is 2.14. The molecule has 1 N–H and O–H groups in total. The van der Waals surface area contributed by atoms with Gasteiger partial charge in [-0.25, -0.2) is 0 Å². The molecule has 2 aromatic rings. The summed E-state index contributed by atoms with van der Waals surface area (Å²) in [5.74, 6) is 1.79. The predicted octanol–water partition coefficient (Wildman–Crippen LogP) is 2.65. The maximum atomic E-state index is 9.78. The second-order valence-corrected chi connectivity index (χ2v) is 4.39. The smallest absolute Gasteiger partial charge is 0.117 e. The lowest BCUT2D eigenvalue weighted by Gasteiger charge is -2.22. The maximum absolute atomic E-state index is 9.78. The first-order chi connectivity index (χ1) is 8.78. The third kappa shape index (κ3) is 3.75. The largest absolute Gasteiger partial charge is 0.468 e. The Morgan fingerprint density at radius 2 is 1.67 bits per heavy atom. The Kier molecular flexibility index (Phi) is 4.61. The summed E-state index contributed by atoms with van der Waals surface area (Å²) in [5.41, 5.74) is 0. The summed E-state index contributed by atoms with van der Waals surface area (Å²) >= 11 is 0. The van der Waals surface area contributed by atoms with Crippen molar-refractivity contribution in [2.45, 2.75) is 32.5 Å². The van der Waals surface area contributed by atoms with Crippen molar-refractivity contribution in [1.29, 1.82) is 0 Å². The molecule has 0 aromatic carbocycles. The molecule has 0 spiro atoms. The second-order valence-electron chi connectivity index (χ2n) is 4.39. The van der Waals surface area contributed by atoms with E-state index in [1.165, 1.54) is 0 Å². The van der Waals surface area contributed by atoms with Gasteiger partial charge in [0, 0.05) is 6.54 Å². The fraction of sp³-hybridized carbons (Fsp3) is 0.429. The van der Waals surface area contributed by atoms with Gasteiger partial charge in [0.25, 0.3) is 0 Å². The van der Waals surface area contributed by atoms with Gasteiger partial charge >= 0.3 is 0 Å². The quantitative estimate of drug-likeness (QED) is 0.819. The maximum Gasteiger partial charge on any atom is 0.117 e. The first-order valence-corrected chi connectivity index (χ1v) is 6.23. The van der Waals surface area contributed by atoms with Crippen LogP contribution in [-0.4, -0.2) is 22.7 Å². The fourth-order valence-electron chi connectivity index (χ4n) is 1.86. The van der Waals surface area contributed by atoms with E-state index in [4.69, 9.17) is 8.83 Å². The summed E-state index contributed by atoms with van der Waals surface area (Å²) in [7, 11) is 0. The first-order valence-electron chi connectivity index (χ1n) is 6.23. The monoisotopic (exact) mass is 249 g/mol. The Hall–Kier alpha value is -1.52. The lowest BCUT2D eigenvalue weighted by Crippen LogP contribution is -2.31. The molecule has 0 aliphatic carbocycles. The van der Waals surface area contributed by atoms with Crippen LogP contribution in [0.5, 0.6) is 0 Å². The molecule has 2 heterocycles. The highest BCUT2D eigenvalue weighted by molar-refractivity contribution is 5.01. The third-order valence-corrected chi connectivity index (χ3v) is 2.86. The van der Waals surface area contributed by atoms with Gasteiger partial charge in [-0.15, -0.1) is 0 Å². The van der Waals surface area contributed by atoms with Crippen LogP contribution in [0.15, 0.2) is 45.6 Å². The van der Waals surface area contributed by atoms with E-state index in [2.05, 4.69) is 4.90 Å². The average Bonchev–Trinajstić information content (AvgIpc) is 3.02. The second kappa shape index (κ2) is 6.42. The van der Waals surface area contributed by atoms with E-state index in [1.54, 1.807) is 12.5 Å². The van der Waals surface area contributed by atoms with Gasteiger partial charge < -0.3 is 13.9 Å². The van der Waals surface area contributed by atoms with Crippen LogP contribution in [0.2, 0.25) is 0 Å². The molecule has 0 bridgehead atoms. The Balaban J connectivity index is 1.97. The lowest BCUT2D eigenvalue weighted by molar-refractivity contribution is 0.0933. The summed E-state index contributed by atoms with van der Waals surface area (Å²) in [5, 5.41) is 9.78. The molecule has 4 heteroatoms. The molecule has 0 amide bonds. The molecular formula is C14H19NO3. The van der Waals surface area contributed by atoms with Gasteiger partial charge in [0.2, 0.25) is 0 Å². The van der Waals surface area contributed by atoms with Crippen molar-refractivity contribution in [2.24, 2.45) is 0 Å². The van der Waals surface area contributed by atoms with Crippen molar-refractivity contribution in [2.75, 3.05) is 6.54 Å². The van der Waals surface area contributed by atoms with Crippen molar-refractivity contribution in [3.05, 3.63) is 48.3 Å². The van der Waals surface area contributed by atoms with E-state index in [9.17, 15) is 5.11 Å². The van der Waals surface area contributed by atoms with Crippen molar-refractivity contribution in [1.82, 2.24) is 4.90 Å². The van der Waals surface area contributed by atoms with Crippen LogP contribution in [0.4, 0.5) is 0 Å². The Morgan fingerprint density at radius 1 is 1.11 bits per heavy atom. The number of aliphatic hydroxyl groups is 1. The zero-order valence-electron chi connectivity index (χ0n) is 10.6. The summed E-state index contributed by atoms with van der Waals surface area (Å²) in [6.07, 6.45) is 3.75. The van der Waals surface area contributed by atoms with E-state index in [0.717, 1.165) is 17.9 Å². The van der Waals surface area contributed by atoms with E-state index >= 15 is 0 Å². The molecule has 2 rings (SSSR count). The minimum atomic E-state index is -0.324. The Labute approximate surface area is 107 Å². The van der Waals surface area contributed by atoms with Crippen molar-refractivity contribution < 1.29 is 13.9 Å². The molecule has 0 radical (unpaired) electrons. The van der Waals surface area contributed by atoms with E-state index in [-0.39, 0.29) is 6.10 Å². The molecule has 2 aromatic heterocycles. The molecular weight excluding hydrogens is 230 g/mol. The van der Waals surface area contributed by atoms with E-state index < -0.39 is 0 Å². The Morgan fingerprint density at radius 3 is 2.06 bits per heavy atom. The molecule has 0 saturated heterocycles. The van der Waals surface area contributed by atoms with Crippen LogP contribution in [0, 0.1) is 0 Å². The number of rotatable bonds is 7. The van der Waals surface area contributed by atoms with Gasteiger partial charge in [-0.2, -0.15) is 0 Å². The van der Waals surface area contributed by atoms with Gasteiger partial charge in [-0.3, -0.25) is 4.90 Å². The van der Waals surface area contributed by atoms with Crippen molar-refractivity contribution in [3.8, 4) is 0 Å². The van der Waals surface area contributed by atoms with Gasteiger partial charge in [0.15, 0.2) is 0 Å². The normalized spacial score (nSPS) is 13.1. The highest BCUT2D eigenvalue weighted by Crippen LogP contribution is 2.12. The average molecular weight is 249 g/mol. The molecule has 1 atom stereocenters. The molecule has 0 aliphatic heterocycles. The van der Waals surface area contributed by atoms with Crippen LogP contribution >= 0.6 is 0 Å². The van der Waals surface area contributed by atoms with Gasteiger partial charge in [-0.1, -0.05) is 6.92 Å². The summed E-state index contributed by atoms with van der Waals surface area (Å²) in [6, 6.07) is 7.62. The number of hydrogen-bond acceptors (Lipinski definition) is 4. The Bertz CT molecular complexity index is 386. The summed E-state index contributed by atoms with van der Waals surface area (Å²) < 4.78 is 10.7. The highest BCUT2D eigenvalue weighted by atomic mass is 16.3. The fourth-order valence-corrected chi connectivity index (χ4v) is 1.86. The third-order valence-electron chi connectivity index (χ3n) is 2.86. The lowest BCUT2D eigenvalue weighted by atomic mass is 10.2. The molecule has 18 heavy (non-hydrogen) atoms. The van der Waals surface area contributed by atoms with E-state index in [0.29, 0.717) is 19.6 Å². The van der Waals surface area contributed by atoms with Crippen molar-refractivity contribution in [3.63, 3.8) is 0 Å². The van der Waals surface area contributed by atoms with Crippen LogP contribution in [-0.2, 0) is 13.1 Å². The zero-order chi connectivity index (χ0) is 12.8. The summed E-state index contributed by atoms with van der Waals surface area (Å²) in [6.45, 7) is 3.93. The van der Waals surface area contributed by atoms with E-state index in [1.807, 2.05) is 31.2 Å². The molecule has 0 saturated carbocycles. The van der Waals surface area contributed by atoms with Crippen LogP contribution < -0.4 is 0 Å². The SMILES string of the molecule is CCC(O)CN(Cc1ccco1)Cc1ccco1. The predicted molar refractivity (Wildman–Crippen MR) is 67.8 cm³/mol. The first kappa shape index (κ1) is 12.9. The van der Waals surface area contributed by atoms with Gasteiger partial charge in [0.1, 0.15) is 11.5 Å². The van der Waals surface area contributed by atoms with Crippen LogP contribution in [0.1, 0.15) is 24.9 Å². The molecule has 1 unspecified atom stereocenters. The number of aliphatic hydroxyl groups excluding tert-OH is 1. The minimum absolute atomic E-state index is 0.324. The van der Waals surface area contributed by atoms with Crippen LogP contribution in [0.3, 0.4) is 0 Å². The number of nitrogens with zero attached hydrogens (tertiary/aromatic N) is 1. The van der Waals surface area contributed by atoms with Crippen LogP contribution in [0.25, 0.3) is 0 Å².